The fraction of sp³-hybridized carbons (Fsp3) is 0.588. The summed E-state index contributed by atoms with van der Waals surface area (Å²) in [4.78, 5) is 14.7. The molecule has 1 atom stereocenters. The van der Waals surface area contributed by atoms with Crippen molar-refractivity contribution in [1.82, 2.24) is 4.90 Å². The fourth-order valence-electron chi connectivity index (χ4n) is 3.42. The molecule has 1 fully saturated rings. The summed E-state index contributed by atoms with van der Waals surface area (Å²) in [6, 6.07) is 8.39. The number of carbonyl (C=O) groups is 1. The number of carbonyl (C=O) groups excluding carboxylic acids is 1. The Balaban J connectivity index is 1.74. The maximum atomic E-state index is 12.7. The largest absolute Gasteiger partial charge is 0.338 e. The molecule has 0 spiro atoms. The summed E-state index contributed by atoms with van der Waals surface area (Å²) in [7, 11) is 0. The van der Waals surface area contributed by atoms with Crippen LogP contribution in [0.15, 0.2) is 24.3 Å². The molecule has 0 saturated carbocycles. The highest BCUT2D eigenvalue weighted by Crippen LogP contribution is 2.36. The predicted octanol–water partition coefficient (Wildman–Crippen LogP) is 2.30. The maximum Gasteiger partial charge on any atom is 0.230 e. The minimum Gasteiger partial charge on any atom is -0.338 e. The second-order valence-corrected chi connectivity index (χ2v) is 6.73. The third kappa shape index (κ3) is 2.14. The third-order valence-electron chi connectivity index (χ3n) is 5.10. The van der Waals surface area contributed by atoms with Crippen LogP contribution in [0.1, 0.15) is 43.7 Å². The van der Waals surface area contributed by atoms with Crippen LogP contribution in [0.3, 0.4) is 0 Å². The molecule has 3 rings (SSSR count). The quantitative estimate of drug-likeness (QED) is 0.898. The smallest absolute Gasteiger partial charge is 0.230 e. The zero-order valence-electron chi connectivity index (χ0n) is 12.4. The standard InChI is InChI=1S/C17H24N2O/c1-12(2)17(18)10-19(11-17)16(20)15-9-5-7-13-6-3-4-8-14(13)15/h3-4,6,8,12,15H,5,7,9-11,18H2,1-2H3. The summed E-state index contributed by atoms with van der Waals surface area (Å²) in [6.45, 7) is 5.69. The van der Waals surface area contributed by atoms with Crippen molar-refractivity contribution in [1.29, 1.82) is 0 Å². The molecular formula is C17H24N2O. The van der Waals surface area contributed by atoms with Gasteiger partial charge in [-0.15, -0.1) is 0 Å². The minimum absolute atomic E-state index is 0.0525. The van der Waals surface area contributed by atoms with Gasteiger partial charge in [-0.05, 0) is 36.3 Å². The molecular weight excluding hydrogens is 248 g/mol. The number of amides is 1. The number of aryl methyl sites for hydroxylation is 1. The Morgan fingerprint density at radius 1 is 1.35 bits per heavy atom. The summed E-state index contributed by atoms with van der Waals surface area (Å²) >= 11 is 0. The SMILES string of the molecule is CC(C)C1(N)CN(C(=O)C2CCCc3ccccc32)C1. The van der Waals surface area contributed by atoms with E-state index in [-0.39, 0.29) is 17.4 Å². The van der Waals surface area contributed by atoms with Crippen molar-refractivity contribution in [3.05, 3.63) is 35.4 Å². The molecule has 1 saturated heterocycles. The lowest BCUT2D eigenvalue weighted by molar-refractivity contribution is -0.142. The van der Waals surface area contributed by atoms with Gasteiger partial charge in [-0.1, -0.05) is 38.1 Å². The van der Waals surface area contributed by atoms with E-state index >= 15 is 0 Å². The number of nitrogens with zero attached hydrogens (tertiary/aromatic N) is 1. The van der Waals surface area contributed by atoms with Crippen LogP contribution in [-0.2, 0) is 11.2 Å². The number of rotatable bonds is 2. The summed E-state index contributed by atoms with van der Waals surface area (Å²) in [5, 5.41) is 0. The molecule has 3 nitrogen and oxygen atoms in total. The Bertz CT molecular complexity index is 517. The zero-order valence-corrected chi connectivity index (χ0v) is 12.4. The summed E-state index contributed by atoms with van der Waals surface area (Å²) in [5.41, 5.74) is 8.71. The van der Waals surface area contributed by atoms with Crippen LogP contribution < -0.4 is 5.73 Å². The molecule has 1 amide bonds. The van der Waals surface area contributed by atoms with E-state index in [1.165, 1.54) is 11.1 Å². The number of fused-ring (bicyclic) bond motifs is 1. The Hall–Kier alpha value is -1.35. The molecule has 1 aliphatic heterocycles. The lowest BCUT2D eigenvalue weighted by atomic mass is 9.77. The average molecular weight is 272 g/mol. The second kappa shape index (κ2) is 4.88. The monoisotopic (exact) mass is 272 g/mol. The van der Waals surface area contributed by atoms with Gasteiger partial charge >= 0.3 is 0 Å². The Labute approximate surface area is 121 Å². The lowest BCUT2D eigenvalue weighted by Crippen LogP contribution is -2.71. The van der Waals surface area contributed by atoms with Crippen molar-refractivity contribution >= 4 is 5.91 Å². The van der Waals surface area contributed by atoms with Gasteiger partial charge in [0.2, 0.25) is 5.91 Å². The van der Waals surface area contributed by atoms with Crippen LogP contribution in [0.25, 0.3) is 0 Å². The molecule has 1 aliphatic carbocycles. The molecule has 0 bridgehead atoms. The highest BCUT2D eigenvalue weighted by Gasteiger charge is 2.46. The van der Waals surface area contributed by atoms with E-state index in [1.54, 1.807) is 0 Å². The highest BCUT2D eigenvalue weighted by molar-refractivity contribution is 5.85. The molecule has 1 heterocycles. The number of hydrogen-bond acceptors (Lipinski definition) is 2. The average Bonchev–Trinajstić information content (AvgIpc) is 2.42. The molecule has 1 aromatic carbocycles. The molecule has 1 unspecified atom stereocenters. The van der Waals surface area contributed by atoms with Crippen molar-refractivity contribution in [2.24, 2.45) is 11.7 Å². The van der Waals surface area contributed by atoms with E-state index < -0.39 is 0 Å². The number of likely N-dealkylation sites (tertiary alicyclic amines) is 1. The highest BCUT2D eigenvalue weighted by atomic mass is 16.2. The van der Waals surface area contributed by atoms with E-state index in [0.29, 0.717) is 19.0 Å². The summed E-state index contributed by atoms with van der Waals surface area (Å²) in [5.74, 6) is 0.751. The summed E-state index contributed by atoms with van der Waals surface area (Å²) < 4.78 is 0. The minimum atomic E-state index is -0.177. The van der Waals surface area contributed by atoms with Gasteiger partial charge in [-0.25, -0.2) is 0 Å². The van der Waals surface area contributed by atoms with Crippen LogP contribution in [0.4, 0.5) is 0 Å². The van der Waals surface area contributed by atoms with Crippen LogP contribution >= 0.6 is 0 Å². The van der Waals surface area contributed by atoms with E-state index in [2.05, 4.69) is 32.0 Å². The Morgan fingerprint density at radius 3 is 2.75 bits per heavy atom. The normalized spacial score (nSPS) is 24.2. The number of nitrogens with two attached hydrogens (primary N) is 1. The number of hydrogen-bond donors (Lipinski definition) is 1. The van der Waals surface area contributed by atoms with Crippen molar-refractivity contribution in [3.63, 3.8) is 0 Å². The molecule has 2 aliphatic rings. The van der Waals surface area contributed by atoms with Gasteiger partial charge in [0, 0.05) is 13.1 Å². The van der Waals surface area contributed by atoms with E-state index in [4.69, 9.17) is 5.73 Å². The Morgan fingerprint density at radius 2 is 2.05 bits per heavy atom. The topological polar surface area (TPSA) is 46.3 Å². The van der Waals surface area contributed by atoms with Gasteiger partial charge in [0.05, 0.1) is 11.5 Å². The van der Waals surface area contributed by atoms with Crippen molar-refractivity contribution < 1.29 is 4.79 Å². The first-order chi connectivity index (χ1) is 9.51. The van der Waals surface area contributed by atoms with Crippen LogP contribution in [0, 0.1) is 5.92 Å². The molecule has 1 aromatic rings. The molecule has 0 aromatic heterocycles. The molecule has 3 heteroatoms. The van der Waals surface area contributed by atoms with E-state index in [0.717, 1.165) is 19.3 Å². The molecule has 0 radical (unpaired) electrons. The molecule has 20 heavy (non-hydrogen) atoms. The second-order valence-electron chi connectivity index (χ2n) is 6.73. The van der Waals surface area contributed by atoms with Crippen molar-refractivity contribution in [3.8, 4) is 0 Å². The fourth-order valence-corrected chi connectivity index (χ4v) is 3.42. The predicted molar refractivity (Wildman–Crippen MR) is 80.5 cm³/mol. The van der Waals surface area contributed by atoms with Crippen LogP contribution in [-0.4, -0.2) is 29.4 Å². The van der Waals surface area contributed by atoms with E-state index in [9.17, 15) is 4.79 Å². The molecule has 2 N–H and O–H groups in total. The first kappa shape index (κ1) is 13.6. The molecule has 108 valence electrons. The van der Waals surface area contributed by atoms with Gasteiger partial charge in [0.15, 0.2) is 0 Å². The van der Waals surface area contributed by atoms with E-state index in [1.807, 2.05) is 11.0 Å². The third-order valence-corrected chi connectivity index (χ3v) is 5.10. The lowest BCUT2D eigenvalue weighted by Gasteiger charge is -2.51. The van der Waals surface area contributed by atoms with Crippen molar-refractivity contribution in [2.75, 3.05) is 13.1 Å². The number of benzene rings is 1. The van der Waals surface area contributed by atoms with Crippen LogP contribution in [0.5, 0.6) is 0 Å². The van der Waals surface area contributed by atoms with Gasteiger partial charge < -0.3 is 10.6 Å². The Kier molecular flexibility index (Phi) is 3.33. The van der Waals surface area contributed by atoms with Crippen LogP contribution in [0.2, 0.25) is 0 Å². The zero-order chi connectivity index (χ0) is 14.3. The first-order valence-corrected chi connectivity index (χ1v) is 7.67. The van der Waals surface area contributed by atoms with Gasteiger partial charge in [-0.2, -0.15) is 0 Å². The van der Waals surface area contributed by atoms with Gasteiger partial charge in [0.1, 0.15) is 0 Å². The van der Waals surface area contributed by atoms with Crippen molar-refractivity contribution in [2.45, 2.75) is 44.6 Å². The summed E-state index contributed by atoms with van der Waals surface area (Å²) in [6.07, 6.45) is 3.19. The van der Waals surface area contributed by atoms with Gasteiger partial charge in [-0.3, -0.25) is 4.79 Å². The first-order valence-electron chi connectivity index (χ1n) is 7.67. The van der Waals surface area contributed by atoms with Gasteiger partial charge in [0.25, 0.3) is 0 Å². The maximum absolute atomic E-state index is 12.7.